The van der Waals surface area contributed by atoms with Crippen LogP contribution >= 0.6 is 11.8 Å². The fraction of sp³-hybridized carbons (Fsp3) is 0.909. The number of hydrogen-bond acceptors (Lipinski definition) is 3. The maximum absolute atomic E-state index is 11.9. The largest absolute Gasteiger partial charge is 0.441 e. The van der Waals surface area contributed by atoms with Gasteiger partial charge in [0.2, 0.25) is 5.91 Å². The molecule has 0 bridgehead atoms. The third-order valence-corrected chi connectivity index (χ3v) is 3.81. The fourth-order valence-corrected chi connectivity index (χ4v) is 2.47. The first-order valence-electron chi connectivity index (χ1n) is 6.14. The fourth-order valence-electron chi connectivity index (χ4n) is 2.03. The van der Waals surface area contributed by atoms with Crippen LogP contribution in [0.2, 0.25) is 0 Å². The molecule has 2 N–H and O–H groups in total. The average molecular weight is 284 g/mol. The molecule has 106 valence electrons. The van der Waals surface area contributed by atoms with E-state index >= 15 is 0 Å². The van der Waals surface area contributed by atoms with E-state index in [-0.39, 0.29) is 36.0 Å². The van der Waals surface area contributed by atoms with Crippen LogP contribution in [0, 0.1) is 5.92 Å². The van der Waals surface area contributed by atoms with Crippen LogP contribution in [0.4, 0.5) is 13.2 Å². The van der Waals surface area contributed by atoms with E-state index in [0.29, 0.717) is 5.92 Å². The van der Waals surface area contributed by atoms with Crippen molar-refractivity contribution in [3.8, 4) is 0 Å². The van der Waals surface area contributed by atoms with Gasteiger partial charge in [0.15, 0.2) is 0 Å². The number of piperidine rings is 1. The number of hydrogen-bond donors (Lipinski definition) is 2. The number of nitrogens with one attached hydrogen (secondary N) is 2. The van der Waals surface area contributed by atoms with E-state index in [1.54, 1.807) is 0 Å². The summed E-state index contributed by atoms with van der Waals surface area (Å²) in [6.45, 7) is 2.94. The molecule has 7 heteroatoms. The Balaban J connectivity index is 2.20. The van der Waals surface area contributed by atoms with Gasteiger partial charge < -0.3 is 10.6 Å². The average Bonchev–Trinajstić information content (AvgIpc) is 2.33. The topological polar surface area (TPSA) is 41.1 Å². The molecule has 2 unspecified atom stereocenters. The Labute approximate surface area is 109 Å². The van der Waals surface area contributed by atoms with Gasteiger partial charge in [0.25, 0.3) is 0 Å². The lowest BCUT2D eigenvalue weighted by Gasteiger charge is -2.28. The molecule has 0 aliphatic carbocycles. The van der Waals surface area contributed by atoms with Gasteiger partial charge in [-0.25, -0.2) is 0 Å². The van der Waals surface area contributed by atoms with E-state index in [1.165, 1.54) is 0 Å². The summed E-state index contributed by atoms with van der Waals surface area (Å²) in [5, 5.41) is 5.65. The van der Waals surface area contributed by atoms with Gasteiger partial charge in [-0.15, -0.1) is 0 Å². The smallest absolute Gasteiger partial charge is 0.354 e. The van der Waals surface area contributed by atoms with Gasteiger partial charge in [0, 0.05) is 12.3 Å². The van der Waals surface area contributed by atoms with E-state index in [2.05, 4.69) is 17.6 Å². The molecular weight excluding hydrogens is 265 g/mol. The van der Waals surface area contributed by atoms with Crippen molar-refractivity contribution in [2.45, 2.75) is 37.7 Å². The lowest BCUT2D eigenvalue weighted by atomic mass is 9.90. The molecule has 18 heavy (non-hydrogen) atoms. The normalized spacial score (nSPS) is 24.9. The number of carbonyl (C=O) groups excluding carboxylic acids is 1. The minimum Gasteiger partial charge on any atom is -0.354 e. The summed E-state index contributed by atoms with van der Waals surface area (Å²) in [5.74, 6) is 0.210. The molecule has 1 saturated heterocycles. The first-order chi connectivity index (χ1) is 8.42. The summed E-state index contributed by atoms with van der Waals surface area (Å²) in [4.78, 5) is 11.7. The van der Waals surface area contributed by atoms with Crippen molar-refractivity contribution >= 4 is 17.7 Å². The highest BCUT2D eigenvalue weighted by atomic mass is 32.2. The number of halogens is 3. The predicted molar refractivity (Wildman–Crippen MR) is 66.3 cm³/mol. The molecule has 0 aromatic heterocycles. The molecule has 0 radical (unpaired) electrons. The van der Waals surface area contributed by atoms with Gasteiger partial charge in [0.1, 0.15) is 0 Å². The molecular formula is C11H19F3N2OS. The third kappa shape index (κ3) is 5.95. The molecule has 1 fully saturated rings. The lowest BCUT2D eigenvalue weighted by Crippen LogP contribution is -2.49. The summed E-state index contributed by atoms with van der Waals surface area (Å²) >= 11 is -0.108. The first-order valence-corrected chi connectivity index (χ1v) is 7.12. The molecule has 0 aromatic rings. The van der Waals surface area contributed by atoms with Gasteiger partial charge >= 0.3 is 5.51 Å². The second kappa shape index (κ2) is 7.23. The minimum absolute atomic E-state index is 0.0536. The standard InChI is InChI=1S/C11H19F3N2OS/c1-2-8-3-4-15-9(7-8)10(17)16-5-6-18-11(12,13)14/h8-9,15H,2-7H2,1H3,(H,16,17). The number of carbonyl (C=O) groups is 1. The molecule has 1 rings (SSSR count). The molecule has 0 spiro atoms. The van der Waals surface area contributed by atoms with E-state index in [4.69, 9.17) is 0 Å². The second-order valence-corrected chi connectivity index (χ2v) is 5.55. The SMILES string of the molecule is CCC1CCNC(C(=O)NCCSC(F)(F)F)C1. The predicted octanol–water partition coefficient (Wildman–Crippen LogP) is 2.13. The van der Waals surface area contributed by atoms with Crippen molar-refractivity contribution in [3.05, 3.63) is 0 Å². The third-order valence-electron chi connectivity index (χ3n) is 3.07. The van der Waals surface area contributed by atoms with Crippen molar-refractivity contribution in [1.82, 2.24) is 10.6 Å². The van der Waals surface area contributed by atoms with Crippen LogP contribution in [-0.2, 0) is 4.79 Å². The van der Waals surface area contributed by atoms with Crippen molar-refractivity contribution in [2.24, 2.45) is 5.92 Å². The number of amides is 1. The van der Waals surface area contributed by atoms with Crippen molar-refractivity contribution in [2.75, 3.05) is 18.8 Å². The summed E-state index contributed by atoms with van der Waals surface area (Å²) in [6.07, 6.45) is 2.87. The Bertz CT molecular complexity index is 274. The molecule has 1 aliphatic rings. The molecule has 0 saturated carbocycles. The van der Waals surface area contributed by atoms with E-state index in [0.717, 1.165) is 25.8 Å². The number of alkyl halides is 3. The van der Waals surface area contributed by atoms with Gasteiger partial charge in [-0.2, -0.15) is 13.2 Å². The van der Waals surface area contributed by atoms with E-state index in [1.807, 2.05) is 0 Å². The highest BCUT2D eigenvalue weighted by molar-refractivity contribution is 8.00. The maximum Gasteiger partial charge on any atom is 0.441 e. The van der Waals surface area contributed by atoms with Crippen LogP contribution in [0.25, 0.3) is 0 Å². The van der Waals surface area contributed by atoms with Gasteiger partial charge in [0.05, 0.1) is 6.04 Å². The van der Waals surface area contributed by atoms with Crippen LogP contribution in [0.5, 0.6) is 0 Å². The molecule has 1 amide bonds. The first kappa shape index (κ1) is 15.6. The van der Waals surface area contributed by atoms with Crippen LogP contribution < -0.4 is 10.6 Å². The Hall–Kier alpha value is -0.430. The van der Waals surface area contributed by atoms with Crippen molar-refractivity contribution in [3.63, 3.8) is 0 Å². The summed E-state index contributed by atoms with van der Waals surface area (Å²) in [7, 11) is 0. The molecule has 2 atom stereocenters. The molecule has 0 aromatic carbocycles. The van der Waals surface area contributed by atoms with Crippen LogP contribution in [0.1, 0.15) is 26.2 Å². The monoisotopic (exact) mass is 284 g/mol. The van der Waals surface area contributed by atoms with Gasteiger partial charge in [-0.1, -0.05) is 13.3 Å². The zero-order valence-electron chi connectivity index (χ0n) is 10.3. The number of rotatable bonds is 5. The Morgan fingerprint density at radius 1 is 1.50 bits per heavy atom. The van der Waals surface area contributed by atoms with E-state index < -0.39 is 5.51 Å². The summed E-state index contributed by atoms with van der Waals surface area (Å²) in [6, 6.07) is -0.250. The Morgan fingerprint density at radius 2 is 2.22 bits per heavy atom. The van der Waals surface area contributed by atoms with Crippen LogP contribution in [-0.4, -0.2) is 36.3 Å². The zero-order chi connectivity index (χ0) is 13.6. The summed E-state index contributed by atoms with van der Waals surface area (Å²) in [5.41, 5.74) is -4.22. The van der Waals surface area contributed by atoms with E-state index in [9.17, 15) is 18.0 Å². The highest BCUT2D eigenvalue weighted by Gasteiger charge is 2.28. The second-order valence-electron chi connectivity index (χ2n) is 4.39. The van der Waals surface area contributed by atoms with Crippen LogP contribution in [0.15, 0.2) is 0 Å². The quantitative estimate of drug-likeness (QED) is 0.760. The zero-order valence-corrected chi connectivity index (χ0v) is 11.2. The van der Waals surface area contributed by atoms with Gasteiger partial charge in [-0.05, 0) is 37.1 Å². The van der Waals surface area contributed by atoms with Crippen LogP contribution in [0.3, 0.4) is 0 Å². The Morgan fingerprint density at radius 3 is 2.83 bits per heavy atom. The Kier molecular flexibility index (Phi) is 6.28. The highest BCUT2D eigenvalue weighted by Crippen LogP contribution is 2.29. The summed E-state index contributed by atoms with van der Waals surface area (Å²) < 4.78 is 35.6. The molecule has 1 aliphatic heterocycles. The number of thioether (sulfide) groups is 1. The van der Waals surface area contributed by atoms with Crippen molar-refractivity contribution < 1.29 is 18.0 Å². The van der Waals surface area contributed by atoms with Crippen molar-refractivity contribution in [1.29, 1.82) is 0 Å². The molecule has 3 nitrogen and oxygen atoms in total. The lowest BCUT2D eigenvalue weighted by molar-refractivity contribution is -0.124. The maximum atomic E-state index is 11.9. The minimum atomic E-state index is -4.22. The molecule has 1 heterocycles. The van der Waals surface area contributed by atoms with Gasteiger partial charge in [-0.3, -0.25) is 4.79 Å².